The predicted octanol–water partition coefficient (Wildman–Crippen LogP) is 1.68. The molecule has 2 aromatic heterocycles. The van der Waals surface area contributed by atoms with Gasteiger partial charge >= 0.3 is 0 Å². The van der Waals surface area contributed by atoms with Crippen molar-refractivity contribution >= 4 is 23.2 Å². The fourth-order valence-electron chi connectivity index (χ4n) is 1.33. The summed E-state index contributed by atoms with van der Waals surface area (Å²) in [4.78, 5) is 12.2. The van der Waals surface area contributed by atoms with Gasteiger partial charge in [-0.2, -0.15) is 0 Å². The molecule has 0 unspecified atom stereocenters. The molecule has 5 nitrogen and oxygen atoms in total. The lowest BCUT2D eigenvalue weighted by Crippen LogP contribution is -1.94. The lowest BCUT2D eigenvalue weighted by molar-refractivity contribution is 0.956. The standard InChI is InChI=1S/C10H13N5/c1-2-3-4-5-15-7-14-8-9(11)12-6-13-10(8)15/h4-7H,2-3H2,1H3,(H2,11,12,13). The second-order valence-corrected chi connectivity index (χ2v) is 3.26. The number of aromatic nitrogens is 4. The number of allylic oxidation sites excluding steroid dienone is 1. The molecule has 0 radical (unpaired) electrons. The average Bonchev–Trinajstić information content (AvgIpc) is 2.64. The second kappa shape index (κ2) is 4.08. The summed E-state index contributed by atoms with van der Waals surface area (Å²) in [6.45, 7) is 2.14. The molecule has 0 saturated heterocycles. The molecular formula is C10H13N5. The first-order chi connectivity index (χ1) is 7.33. The van der Waals surface area contributed by atoms with E-state index in [2.05, 4.69) is 28.0 Å². The first-order valence-corrected chi connectivity index (χ1v) is 4.92. The Morgan fingerprint density at radius 1 is 1.40 bits per heavy atom. The fourth-order valence-corrected chi connectivity index (χ4v) is 1.33. The smallest absolute Gasteiger partial charge is 0.169 e. The topological polar surface area (TPSA) is 69.6 Å². The SMILES string of the molecule is CCCC=Cn1cnc2c(N)ncnc21. The van der Waals surface area contributed by atoms with E-state index in [4.69, 9.17) is 5.73 Å². The molecule has 5 heteroatoms. The lowest BCUT2D eigenvalue weighted by atomic mass is 10.3. The molecule has 0 bridgehead atoms. The van der Waals surface area contributed by atoms with Crippen LogP contribution >= 0.6 is 0 Å². The zero-order chi connectivity index (χ0) is 10.7. The van der Waals surface area contributed by atoms with E-state index in [1.807, 2.05) is 10.8 Å². The maximum atomic E-state index is 5.67. The van der Waals surface area contributed by atoms with Crippen molar-refractivity contribution in [1.82, 2.24) is 19.5 Å². The van der Waals surface area contributed by atoms with Gasteiger partial charge in [-0.15, -0.1) is 0 Å². The van der Waals surface area contributed by atoms with Gasteiger partial charge in [0, 0.05) is 6.20 Å². The number of unbranched alkanes of at least 4 members (excludes halogenated alkanes) is 1. The monoisotopic (exact) mass is 203 g/mol. The summed E-state index contributed by atoms with van der Waals surface area (Å²) < 4.78 is 1.85. The van der Waals surface area contributed by atoms with Crippen molar-refractivity contribution in [2.24, 2.45) is 0 Å². The quantitative estimate of drug-likeness (QED) is 0.823. The summed E-state index contributed by atoms with van der Waals surface area (Å²) in [6.07, 6.45) is 9.34. The van der Waals surface area contributed by atoms with E-state index < -0.39 is 0 Å². The van der Waals surface area contributed by atoms with Crippen molar-refractivity contribution in [2.75, 3.05) is 5.73 Å². The van der Waals surface area contributed by atoms with Gasteiger partial charge in [0.05, 0.1) is 0 Å². The minimum Gasteiger partial charge on any atom is -0.382 e. The van der Waals surface area contributed by atoms with Crippen LogP contribution in [0.15, 0.2) is 18.7 Å². The molecule has 0 amide bonds. The highest BCUT2D eigenvalue weighted by Crippen LogP contribution is 2.14. The summed E-state index contributed by atoms with van der Waals surface area (Å²) in [5.74, 6) is 0.419. The Balaban J connectivity index is 2.41. The zero-order valence-electron chi connectivity index (χ0n) is 8.59. The van der Waals surface area contributed by atoms with Crippen molar-refractivity contribution in [1.29, 1.82) is 0 Å². The van der Waals surface area contributed by atoms with E-state index in [-0.39, 0.29) is 0 Å². The first-order valence-electron chi connectivity index (χ1n) is 4.92. The van der Waals surface area contributed by atoms with E-state index in [0.717, 1.165) is 18.5 Å². The normalized spacial score (nSPS) is 11.5. The van der Waals surface area contributed by atoms with Gasteiger partial charge in [0.15, 0.2) is 17.0 Å². The highest BCUT2D eigenvalue weighted by Gasteiger charge is 2.04. The molecule has 0 aromatic carbocycles. The second-order valence-electron chi connectivity index (χ2n) is 3.26. The van der Waals surface area contributed by atoms with Crippen LogP contribution in [-0.4, -0.2) is 19.5 Å². The van der Waals surface area contributed by atoms with E-state index in [1.54, 1.807) is 6.33 Å². The minimum atomic E-state index is 0.419. The Bertz CT molecular complexity index is 486. The molecular weight excluding hydrogens is 190 g/mol. The molecule has 0 aliphatic carbocycles. The molecule has 0 saturated carbocycles. The van der Waals surface area contributed by atoms with E-state index >= 15 is 0 Å². The van der Waals surface area contributed by atoms with Gasteiger partial charge in [-0.3, -0.25) is 4.57 Å². The molecule has 0 spiro atoms. The van der Waals surface area contributed by atoms with Crippen LogP contribution < -0.4 is 5.73 Å². The maximum Gasteiger partial charge on any atom is 0.169 e. The zero-order valence-corrected chi connectivity index (χ0v) is 8.59. The molecule has 0 aliphatic heterocycles. The van der Waals surface area contributed by atoms with E-state index in [1.165, 1.54) is 6.33 Å². The summed E-state index contributed by atoms with van der Waals surface area (Å²) in [7, 11) is 0. The Labute approximate surface area is 87.7 Å². The van der Waals surface area contributed by atoms with Crippen LogP contribution in [0.3, 0.4) is 0 Å². The van der Waals surface area contributed by atoms with E-state index in [9.17, 15) is 0 Å². The Morgan fingerprint density at radius 2 is 2.27 bits per heavy atom. The van der Waals surface area contributed by atoms with Crippen LogP contribution in [0.25, 0.3) is 17.4 Å². The van der Waals surface area contributed by atoms with Crippen molar-refractivity contribution in [2.45, 2.75) is 19.8 Å². The van der Waals surface area contributed by atoms with Gasteiger partial charge in [-0.1, -0.05) is 19.4 Å². The molecule has 2 aromatic rings. The van der Waals surface area contributed by atoms with Crippen molar-refractivity contribution < 1.29 is 0 Å². The number of hydrogen-bond acceptors (Lipinski definition) is 4. The molecule has 2 heterocycles. The highest BCUT2D eigenvalue weighted by molar-refractivity contribution is 5.82. The number of anilines is 1. The predicted molar refractivity (Wildman–Crippen MR) is 60.0 cm³/mol. The van der Waals surface area contributed by atoms with Gasteiger partial charge in [0.25, 0.3) is 0 Å². The highest BCUT2D eigenvalue weighted by atomic mass is 15.1. The van der Waals surface area contributed by atoms with Crippen LogP contribution in [0, 0.1) is 0 Å². The number of nitrogens with two attached hydrogens (primary N) is 1. The number of rotatable bonds is 3. The largest absolute Gasteiger partial charge is 0.382 e. The van der Waals surface area contributed by atoms with Gasteiger partial charge in [-0.25, -0.2) is 15.0 Å². The number of hydrogen-bond donors (Lipinski definition) is 1. The third-order valence-electron chi connectivity index (χ3n) is 2.11. The fraction of sp³-hybridized carbons (Fsp3) is 0.300. The minimum absolute atomic E-state index is 0.419. The molecule has 0 fully saturated rings. The number of nitrogen functional groups attached to an aromatic ring is 1. The summed E-state index contributed by atoms with van der Waals surface area (Å²) >= 11 is 0. The van der Waals surface area contributed by atoms with Gasteiger partial charge in [-0.05, 0) is 6.42 Å². The average molecular weight is 203 g/mol. The molecule has 0 aliphatic rings. The third kappa shape index (κ3) is 1.81. The third-order valence-corrected chi connectivity index (χ3v) is 2.11. The summed E-state index contributed by atoms with van der Waals surface area (Å²) in [5, 5.41) is 0. The van der Waals surface area contributed by atoms with Gasteiger partial charge in [0.1, 0.15) is 12.7 Å². The Hall–Kier alpha value is -1.91. The molecule has 2 N–H and O–H groups in total. The number of fused-ring (bicyclic) bond motifs is 1. The lowest BCUT2D eigenvalue weighted by Gasteiger charge is -1.95. The van der Waals surface area contributed by atoms with Gasteiger partial charge in [0.2, 0.25) is 0 Å². The Morgan fingerprint density at radius 3 is 3.07 bits per heavy atom. The number of nitrogens with zero attached hydrogens (tertiary/aromatic N) is 4. The molecule has 78 valence electrons. The molecule has 0 atom stereocenters. The van der Waals surface area contributed by atoms with Crippen molar-refractivity contribution in [3.8, 4) is 0 Å². The van der Waals surface area contributed by atoms with E-state index in [0.29, 0.717) is 11.3 Å². The van der Waals surface area contributed by atoms with Crippen LogP contribution in [0.2, 0.25) is 0 Å². The summed E-state index contributed by atoms with van der Waals surface area (Å²) in [5.41, 5.74) is 7.07. The molecule has 15 heavy (non-hydrogen) atoms. The van der Waals surface area contributed by atoms with Crippen molar-refractivity contribution in [3.05, 3.63) is 18.7 Å². The first kappa shape index (κ1) is 9.64. The van der Waals surface area contributed by atoms with Crippen molar-refractivity contribution in [3.63, 3.8) is 0 Å². The van der Waals surface area contributed by atoms with Crippen LogP contribution in [-0.2, 0) is 0 Å². The Kier molecular flexibility index (Phi) is 2.62. The van der Waals surface area contributed by atoms with Crippen LogP contribution in [0.5, 0.6) is 0 Å². The summed E-state index contributed by atoms with van der Waals surface area (Å²) in [6, 6.07) is 0. The van der Waals surface area contributed by atoms with Gasteiger partial charge < -0.3 is 5.73 Å². The van der Waals surface area contributed by atoms with Crippen LogP contribution in [0.1, 0.15) is 19.8 Å². The molecule has 2 rings (SSSR count). The maximum absolute atomic E-state index is 5.67. The number of imidazole rings is 1. The van der Waals surface area contributed by atoms with Crippen LogP contribution in [0.4, 0.5) is 5.82 Å².